The summed E-state index contributed by atoms with van der Waals surface area (Å²) in [4.78, 5) is 0. The van der Waals surface area contributed by atoms with E-state index in [1.807, 2.05) is 24.3 Å². The van der Waals surface area contributed by atoms with Gasteiger partial charge in [0.2, 0.25) is 0 Å². The van der Waals surface area contributed by atoms with Crippen LogP contribution in [0.1, 0.15) is 149 Å². The normalized spacial score (nSPS) is 12.7. The molecule has 4 aromatic rings. The highest BCUT2D eigenvalue weighted by Gasteiger charge is 2.15. The molecule has 2 atom stereocenters. The molecule has 46 heavy (non-hydrogen) atoms. The molecular formula is C44H60N2. The molecule has 0 aromatic heterocycles. The molecule has 0 heterocycles. The van der Waals surface area contributed by atoms with Crippen LogP contribution in [-0.2, 0) is 12.8 Å². The number of hydrogen-bond acceptors (Lipinski definition) is 2. The molecule has 0 spiro atoms. The molecule has 0 saturated heterocycles. The Labute approximate surface area is 281 Å². The quantitative estimate of drug-likeness (QED) is 0.0723. The molecule has 0 radical (unpaired) electrons. The summed E-state index contributed by atoms with van der Waals surface area (Å²) in [6, 6.07) is 36.1. The fourth-order valence-electron chi connectivity index (χ4n) is 6.90. The van der Waals surface area contributed by atoms with Gasteiger partial charge in [0.25, 0.3) is 0 Å². The Morgan fingerprint density at radius 1 is 0.370 bits per heavy atom. The van der Waals surface area contributed by atoms with Gasteiger partial charge < -0.3 is 11.5 Å². The van der Waals surface area contributed by atoms with E-state index in [-0.39, 0.29) is 0 Å². The van der Waals surface area contributed by atoms with Gasteiger partial charge in [-0.05, 0) is 96.2 Å². The fourth-order valence-corrected chi connectivity index (χ4v) is 6.90. The Balaban J connectivity index is 1.21. The van der Waals surface area contributed by atoms with Crippen molar-refractivity contribution < 1.29 is 0 Å². The van der Waals surface area contributed by atoms with Crippen molar-refractivity contribution in [1.82, 2.24) is 0 Å². The van der Waals surface area contributed by atoms with Crippen LogP contribution in [0.2, 0.25) is 0 Å². The van der Waals surface area contributed by atoms with Crippen LogP contribution in [0.25, 0.3) is 0 Å². The van der Waals surface area contributed by atoms with Gasteiger partial charge in [0.15, 0.2) is 0 Å². The van der Waals surface area contributed by atoms with Crippen LogP contribution in [0.3, 0.4) is 0 Å². The van der Waals surface area contributed by atoms with Crippen molar-refractivity contribution in [2.75, 3.05) is 11.5 Å². The van der Waals surface area contributed by atoms with Crippen LogP contribution in [-0.4, -0.2) is 0 Å². The number of rotatable bonds is 21. The Morgan fingerprint density at radius 3 is 1.00 bits per heavy atom. The van der Waals surface area contributed by atoms with Gasteiger partial charge in [0.1, 0.15) is 0 Å². The van der Waals surface area contributed by atoms with E-state index in [4.69, 9.17) is 11.5 Å². The maximum Gasteiger partial charge on any atom is 0.0314 e. The Bertz CT molecular complexity index is 1240. The largest absolute Gasteiger partial charge is 0.399 e. The lowest BCUT2D eigenvalue weighted by Gasteiger charge is -2.19. The average Bonchev–Trinajstić information content (AvgIpc) is 3.08. The molecule has 0 bridgehead atoms. The van der Waals surface area contributed by atoms with Crippen LogP contribution >= 0.6 is 0 Å². The zero-order valence-electron chi connectivity index (χ0n) is 28.9. The van der Waals surface area contributed by atoms with Gasteiger partial charge in [0, 0.05) is 23.2 Å². The SMILES string of the molecule is CCCCCCC(c1ccc(N)cc1)c1ccc(CCCCCCc2ccc(C(CCCCCC)c3ccc(N)cc3)cc2)cc1. The van der Waals surface area contributed by atoms with Gasteiger partial charge in [0.05, 0.1) is 0 Å². The lowest BCUT2D eigenvalue weighted by atomic mass is 9.86. The molecule has 4 rings (SSSR count). The first-order valence-corrected chi connectivity index (χ1v) is 18.5. The van der Waals surface area contributed by atoms with E-state index in [1.165, 1.54) is 136 Å². The van der Waals surface area contributed by atoms with Gasteiger partial charge in [-0.25, -0.2) is 0 Å². The van der Waals surface area contributed by atoms with Crippen molar-refractivity contribution >= 4 is 11.4 Å². The van der Waals surface area contributed by atoms with Gasteiger partial charge in [-0.15, -0.1) is 0 Å². The van der Waals surface area contributed by atoms with Crippen LogP contribution in [0, 0.1) is 0 Å². The molecule has 2 unspecified atom stereocenters. The topological polar surface area (TPSA) is 52.0 Å². The van der Waals surface area contributed by atoms with E-state index in [2.05, 4.69) is 86.6 Å². The minimum Gasteiger partial charge on any atom is -0.399 e. The third-order valence-electron chi connectivity index (χ3n) is 9.82. The van der Waals surface area contributed by atoms with Crippen molar-refractivity contribution in [3.8, 4) is 0 Å². The van der Waals surface area contributed by atoms with Gasteiger partial charge in [-0.2, -0.15) is 0 Å². The smallest absolute Gasteiger partial charge is 0.0314 e. The van der Waals surface area contributed by atoms with Crippen molar-refractivity contribution in [1.29, 1.82) is 0 Å². The molecule has 4 N–H and O–H groups in total. The molecule has 4 aromatic carbocycles. The highest BCUT2D eigenvalue weighted by Crippen LogP contribution is 2.32. The summed E-state index contributed by atoms with van der Waals surface area (Å²) in [5.41, 5.74) is 22.2. The summed E-state index contributed by atoms with van der Waals surface area (Å²) in [5.74, 6) is 0.907. The lowest BCUT2D eigenvalue weighted by Crippen LogP contribution is -2.02. The molecule has 0 amide bonds. The second kappa shape index (κ2) is 19.9. The Morgan fingerprint density at radius 2 is 0.674 bits per heavy atom. The van der Waals surface area contributed by atoms with Gasteiger partial charge >= 0.3 is 0 Å². The van der Waals surface area contributed by atoms with Crippen molar-refractivity contribution in [3.63, 3.8) is 0 Å². The standard InChI is InChI=1S/C44H60N2/c1-3-5-7-13-17-43(39-27-31-41(45)32-28-39)37-23-19-35(20-24-37)15-11-9-10-12-16-36-21-25-38(26-22-36)44(18-14-8-6-4-2)40-29-33-42(46)34-30-40/h19-34,43-44H,3-18,45-46H2,1-2H3. The fraction of sp³-hybridized carbons (Fsp3) is 0.455. The number of nitrogen functional groups attached to an aromatic ring is 2. The Hall–Kier alpha value is -3.52. The minimum atomic E-state index is 0.454. The van der Waals surface area contributed by atoms with E-state index in [0.717, 1.165) is 11.4 Å². The van der Waals surface area contributed by atoms with E-state index in [9.17, 15) is 0 Å². The van der Waals surface area contributed by atoms with Gasteiger partial charge in [-0.3, -0.25) is 0 Å². The van der Waals surface area contributed by atoms with Crippen molar-refractivity contribution in [2.45, 2.75) is 128 Å². The van der Waals surface area contributed by atoms with E-state index >= 15 is 0 Å². The van der Waals surface area contributed by atoms with Gasteiger partial charge in [-0.1, -0.05) is 151 Å². The second-order valence-electron chi connectivity index (χ2n) is 13.5. The first-order chi connectivity index (χ1) is 22.6. The molecule has 2 heteroatoms. The van der Waals surface area contributed by atoms with Crippen molar-refractivity contribution in [2.24, 2.45) is 0 Å². The molecule has 0 saturated carbocycles. The monoisotopic (exact) mass is 616 g/mol. The third-order valence-corrected chi connectivity index (χ3v) is 9.82. The summed E-state index contributed by atoms with van der Waals surface area (Å²) < 4.78 is 0. The zero-order chi connectivity index (χ0) is 32.4. The molecule has 0 aliphatic carbocycles. The summed E-state index contributed by atoms with van der Waals surface area (Å²) in [7, 11) is 0. The highest BCUT2D eigenvalue weighted by molar-refractivity contribution is 5.44. The van der Waals surface area contributed by atoms with Crippen LogP contribution in [0.15, 0.2) is 97.1 Å². The Kier molecular flexibility index (Phi) is 15.3. The summed E-state index contributed by atoms with van der Waals surface area (Å²) in [5, 5.41) is 0. The number of hydrogen-bond donors (Lipinski definition) is 2. The summed E-state index contributed by atoms with van der Waals surface area (Å²) in [6.45, 7) is 4.56. The number of unbranched alkanes of at least 4 members (excludes halogenated alkanes) is 9. The average molecular weight is 617 g/mol. The lowest BCUT2D eigenvalue weighted by molar-refractivity contribution is 0.596. The van der Waals surface area contributed by atoms with Crippen molar-refractivity contribution in [3.05, 3.63) is 130 Å². The predicted octanol–water partition coefficient (Wildman–Crippen LogP) is 12.4. The summed E-state index contributed by atoms with van der Waals surface area (Å²) in [6.07, 6.45) is 20.2. The maximum absolute atomic E-state index is 5.99. The molecular weight excluding hydrogens is 556 g/mol. The number of aryl methyl sites for hydroxylation is 2. The molecule has 0 fully saturated rings. The summed E-state index contributed by atoms with van der Waals surface area (Å²) >= 11 is 0. The van der Waals surface area contributed by atoms with Crippen LogP contribution in [0.5, 0.6) is 0 Å². The van der Waals surface area contributed by atoms with E-state index in [1.54, 1.807) is 0 Å². The second-order valence-corrected chi connectivity index (χ2v) is 13.5. The number of anilines is 2. The van der Waals surface area contributed by atoms with E-state index in [0.29, 0.717) is 11.8 Å². The predicted molar refractivity (Wildman–Crippen MR) is 202 cm³/mol. The number of nitrogens with two attached hydrogens (primary N) is 2. The minimum absolute atomic E-state index is 0.454. The maximum atomic E-state index is 5.99. The first-order valence-electron chi connectivity index (χ1n) is 18.5. The van der Waals surface area contributed by atoms with Crippen LogP contribution < -0.4 is 11.5 Å². The third kappa shape index (κ3) is 11.7. The molecule has 2 nitrogen and oxygen atoms in total. The molecule has 0 aliphatic rings. The first kappa shape index (κ1) is 35.3. The van der Waals surface area contributed by atoms with Crippen LogP contribution in [0.4, 0.5) is 11.4 Å². The number of benzene rings is 4. The zero-order valence-corrected chi connectivity index (χ0v) is 28.9. The molecule has 0 aliphatic heterocycles. The molecule has 246 valence electrons. The van der Waals surface area contributed by atoms with E-state index < -0.39 is 0 Å². The highest BCUT2D eigenvalue weighted by atomic mass is 14.5.